The zero-order chi connectivity index (χ0) is 26.0. The van der Waals surface area contributed by atoms with Crippen molar-refractivity contribution in [3.05, 3.63) is 66.9 Å². The Balaban J connectivity index is 1.72. The topological polar surface area (TPSA) is 74.6 Å². The summed E-state index contributed by atoms with van der Waals surface area (Å²) in [4.78, 5) is 11.1. The number of aryl methyl sites for hydroxylation is 1. The van der Waals surface area contributed by atoms with Gasteiger partial charge in [-0.1, -0.05) is 81.4 Å². The Morgan fingerprint density at radius 2 is 1.70 bits per heavy atom. The first-order valence-corrected chi connectivity index (χ1v) is 12.8. The number of rotatable bonds is 8. The lowest BCUT2D eigenvalue weighted by Crippen LogP contribution is -2.68. The van der Waals surface area contributed by atoms with Gasteiger partial charge in [0.15, 0.2) is 6.10 Å². The third kappa shape index (κ3) is 4.59. The maximum atomic E-state index is 11.1. The van der Waals surface area contributed by atoms with Crippen LogP contribution in [0.3, 0.4) is 0 Å². The van der Waals surface area contributed by atoms with Gasteiger partial charge in [-0.3, -0.25) is 9.48 Å². The first-order chi connectivity index (χ1) is 17.1. The van der Waals surface area contributed by atoms with Gasteiger partial charge >= 0.3 is 0 Å². The van der Waals surface area contributed by atoms with Crippen LogP contribution in [0.1, 0.15) is 24.9 Å². The number of nitrogens with zero attached hydrogens (tertiary/aromatic N) is 2. The lowest BCUT2D eigenvalue weighted by atomic mass is 10.2. The van der Waals surface area contributed by atoms with Gasteiger partial charge in [0.1, 0.15) is 11.8 Å². The van der Waals surface area contributed by atoms with Gasteiger partial charge in [-0.2, -0.15) is 0 Å². The van der Waals surface area contributed by atoms with Gasteiger partial charge in [0.25, 0.3) is 14.2 Å². The number of carbonyl (C=O) groups is 1. The van der Waals surface area contributed by atoms with Crippen LogP contribution in [0, 0.1) is 0 Å². The molecule has 1 aliphatic rings. The molecule has 7 nitrogen and oxygen atoms in total. The lowest BCUT2D eigenvalue weighted by Gasteiger charge is -2.45. The highest BCUT2D eigenvalue weighted by Gasteiger charge is 2.53. The number of aromatic nitrogens is 2. The van der Waals surface area contributed by atoms with E-state index in [0.717, 1.165) is 15.1 Å². The Morgan fingerprint density at radius 3 is 2.24 bits per heavy atom. The smallest absolute Gasteiger partial charge is 0.261 e. The normalized spacial score (nSPS) is 20.5. The van der Waals surface area contributed by atoms with E-state index in [9.17, 15) is 4.79 Å². The Bertz CT molecular complexity index is 1130. The molecule has 1 aromatic heterocycles. The minimum atomic E-state index is -2.87. The molecule has 2 atom stereocenters. The van der Waals surface area contributed by atoms with Crippen LogP contribution in [0.2, 0.25) is 5.04 Å². The molecule has 1 fully saturated rings. The molecule has 0 saturated carbocycles. The fourth-order valence-corrected chi connectivity index (χ4v) is 9.09. The molecule has 2 heterocycles. The molecule has 3 aromatic rings. The highest BCUT2D eigenvalue weighted by Crippen LogP contribution is 2.39. The summed E-state index contributed by atoms with van der Waals surface area (Å²) in [5.41, 5.74) is 0.164. The molecule has 0 spiro atoms. The van der Waals surface area contributed by atoms with E-state index in [1.165, 1.54) is 6.20 Å². The van der Waals surface area contributed by atoms with E-state index in [4.69, 9.17) is 18.0 Å². The summed E-state index contributed by atoms with van der Waals surface area (Å²) in [7, 11) is -2.87. The van der Waals surface area contributed by atoms with E-state index < -0.39 is 27.5 Å². The molecule has 1 N–H and O–H groups in total. The van der Waals surface area contributed by atoms with Crippen molar-refractivity contribution >= 4 is 30.8 Å². The number of amides is 1. The summed E-state index contributed by atoms with van der Waals surface area (Å²) in [6.45, 7) is 4.60. The second kappa shape index (κ2) is 9.50. The molecule has 1 amide bonds. The predicted octanol–water partition coefficient (Wildman–Crippen LogP) is 2.71. The molecule has 174 valence electrons. The van der Waals surface area contributed by atoms with Crippen molar-refractivity contribution in [2.24, 2.45) is 6.98 Å². The Kier molecular flexibility index (Phi) is 5.62. The first-order valence-electron chi connectivity index (χ1n) is 12.4. The fourth-order valence-electron chi connectivity index (χ4n) is 4.40. The van der Waals surface area contributed by atoms with Crippen molar-refractivity contribution < 1.29 is 22.8 Å². The second-order valence-electron chi connectivity index (χ2n) is 9.07. The Morgan fingerprint density at radius 1 is 1.09 bits per heavy atom. The van der Waals surface area contributed by atoms with Crippen LogP contribution in [-0.4, -0.2) is 49.9 Å². The van der Waals surface area contributed by atoms with Gasteiger partial charge in [-0.25, -0.2) is 0 Å². The molecule has 1 aliphatic heterocycles. The van der Waals surface area contributed by atoms with Crippen LogP contribution in [0.15, 0.2) is 66.9 Å². The predicted molar refractivity (Wildman–Crippen MR) is 131 cm³/mol. The van der Waals surface area contributed by atoms with E-state index >= 15 is 0 Å². The zero-order valence-electron chi connectivity index (χ0n) is 22.0. The first kappa shape index (κ1) is 19.5. The highest BCUT2D eigenvalue weighted by atomic mass is 28.4. The third-order valence-corrected chi connectivity index (χ3v) is 10.9. The highest BCUT2D eigenvalue weighted by molar-refractivity contribution is 6.99. The van der Waals surface area contributed by atoms with E-state index in [1.807, 2.05) is 36.4 Å². The molecular weight excluding hydrogens is 434 g/mol. The quantitative estimate of drug-likeness (QED) is 0.406. The average Bonchev–Trinajstić information content (AvgIpc) is 3.45. The van der Waals surface area contributed by atoms with Crippen LogP contribution < -0.4 is 20.4 Å². The van der Waals surface area contributed by atoms with Crippen molar-refractivity contribution in [3.8, 4) is 5.88 Å². The van der Waals surface area contributed by atoms with Crippen molar-refractivity contribution in [2.75, 3.05) is 18.5 Å². The number of ether oxygens (including phenoxy) is 2. The fraction of sp³-hybridized carbons (Fsp3) is 0.360. The zero-order valence-corrected chi connectivity index (χ0v) is 20.0. The van der Waals surface area contributed by atoms with Gasteiger partial charge in [0, 0.05) is 11.1 Å². The van der Waals surface area contributed by atoms with Gasteiger partial charge in [0.2, 0.25) is 6.41 Å². The van der Waals surface area contributed by atoms with E-state index in [1.54, 1.807) is 0 Å². The minimum Gasteiger partial charge on any atom is -0.467 e. The van der Waals surface area contributed by atoms with E-state index in [2.05, 4.69) is 55.5 Å². The molecule has 2 aromatic carbocycles. The third-order valence-electron chi connectivity index (χ3n) is 5.88. The molecule has 8 heteroatoms. The van der Waals surface area contributed by atoms with Crippen LogP contribution in [-0.2, 0) is 20.9 Å². The van der Waals surface area contributed by atoms with E-state index in [-0.39, 0.29) is 23.2 Å². The molecule has 0 unspecified atom stereocenters. The molecule has 4 rings (SSSR count). The molecular formula is C25H31N3O4Si. The number of carbonyl (C=O) groups excluding carboxylic acids is 1. The van der Waals surface area contributed by atoms with Gasteiger partial charge in [0.05, 0.1) is 19.4 Å². The van der Waals surface area contributed by atoms with E-state index in [0.29, 0.717) is 13.0 Å². The second-order valence-corrected chi connectivity index (χ2v) is 13.3. The van der Waals surface area contributed by atoms with Crippen LogP contribution >= 0.6 is 0 Å². The summed E-state index contributed by atoms with van der Waals surface area (Å²) >= 11 is 0. The molecule has 0 radical (unpaired) electrons. The van der Waals surface area contributed by atoms with Crippen molar-refractivity contribution in [2.45, 2.75) is 38.0 Å². The van der Waals surface area contributed by atoms with Crippen LogP contribution in [0.5, 0.6) is 5.88 Å². The minimum absolute atomic E-state index is 0.00442. The van der Waals surface area contributed by atoms with Gasteiger partial charge < -0.3 is 19.2 Å². The summed E-state index contributed by atoms with van der Waals surface area (Å²) in [6.07, 6.45) is 0.678. The van der Waals surface area contributed by atoms with Crippen molar-refractivity contribution in [1.82, 2.24) is 9.78 Å². The largest absolute Gasteiger partial charge is 0.467 e. The maximum absolute atomic E-state index is 11.1. The molecule has 0 bridgehead atoms. The van der Waals surface area contributed by atoms with Crippen LogP contribution in [0.25, 0.3) is 0 Å². The summed E-state index contributed by atoms with van der Waals surface area (Å²) in [5.74, 6) is 0.00442. The monoisotopic (exact) mass is 468 g/mol. The van der Waals surface area contributed by atoms with Crippen molar-refractivity contribution in [1.29, 1.82) is 0 Å². The molecule has 1 saturated heterocycles. The summed E-state index contributed by atoms with van der Waals surface area (Å²) in [5, 5.41) is 8.56. The Hall–Kier alpha value is -2.94. The maximum Gasteiger partial charge on any atom is 0.261 e. The standard InChI is InChI=1S/C25H31N3O4Si/c1-25(2,3)33(19-11-7-5-8-12-19,20-13-9-6-10-14-20)32-23-17-30-16-22(23)31-24-21(26-18-29)15-28(4)27-24/h5-15,18,22-23H,16-17H2,1-4H3,(H,26,29)/t22-,23-/m0/s1/i4D3. The number of hydrogen-bond donors (Lipinski definition) is 1. The SMILES string of the molecule is [2H]C([2H])([2H])n1cc(NC=O)c(O[C@H]2COC[C@@H]2O[Si](c2ccccc2)(c2ccccc2)C(C)(C)C)n1. The number of anilines is 1. The summed E-state index contributed by atoms with van der Waals surface area (Å²) in [6, 6.07) is 20.5. The summed E-state index contributed by atoms with van der Waals surface area (Å²) < 4.78 is 42.8. The molecule has 0 aliphatic carbocycles. The van der Waals surface area contributed by atoms with Crippen LogP contribution in [0.4, 0.5) is 5.69 Å². The average molecular weight is 469 g/mol. The van der Waals surface area contributed by atoms with Crippen molar-refractivity contribution in [3.63, 3.8) is 0 Å². The van der Waals surface area contributed by atoms with Gasteiger partial charge in [-0.15, -0.1) is 5.10 Å². The number of benzene rings is 2. The van der Waals surface area contributed by atoms with Gasteiger partial charge in [-0.05, 0) is 15.4 Å². The number of hydrogen-bond acceptors (Lipinski definition) is 5. The Labute approximate surface area is 200 Å². The molecule has 33 heavy (non-hydrogen) atoms. The lowest BCUT2D eigenvalue weighted by molar-refractivity contribution is -0.105. The number of nitrogens with one attached hydrogen (secondary N) is 1.